The molecule has 1 N–H and O–H groups in total. The van der Waals surface area contributed by atoms with Crippen LogP contribution in [0.1, 0.15) is 5.56 Å². The molecule has 0 amide bonds. The summed E-state index contributed by atoms with van der Waals surface area (Å²) in [4.78, 5) is 1.82. The molecule has 0 saturated carbocycles. The number of rotatable bonds is 5. The van der Waals surface area contributed by atoms with E-state index in [-0.39, 0.29) is 6.73 Å². The number of halogens is 1. The first-order valence-electron chi connectivity index (χ1n) is 4.79. The molecule has 4 heteroatoms. The van der Waals surface area contributed by atoms with Gasteiger partial charge in [-0.05, 0) is 31.2 Å². The average Bonchev–Trinajstić information content (AvgIpc) is 2.26. The van der Waals surface area contributed by atoms with Crippen LogP contribution in [0.5, 0.6) is 5.75 Å². The van der Waals surface area contributed by atoms with Crippen molar-refractivity contribution in [1.29, 1.82) is 0 Å². The summed E-state index contributed by atoms with van der Waals surface area (Å²) in [6.45, 7) is 0.844. The van der Waals surface area contributed by atoms with Crippen LogP contribution in [-0.2, 0) is 6.42 Å². The van der Waals surface area contributed by atoms with Crippen LogP contribution in [0, 0.1) is 0 Å². The van der Waals surface area contributed by atoms with E-state index in [1.807, 2.05) is 24.1 Å². The normalized spacial score (nSPS) is 10.7. The fourth-order valence-electron chi connectivity index (χ4n) is 1.24. The Labute approximate surface area is 95.2 Å². The fourth-order valence-corrected chi connectivity index (χ4v) is 1.50. The maximum Gasteiger partial charge on any atom is 0.120 e. The number of aliphatic hydroxyl groups excluding tert-OH is 1. The van der Waals surface area contributed by atoms with Gasteiger partial charge < -0.3 is 9.84 Å². The largest absolute Gasteiger partial charge is 0.497 e. The van der Waals surface area contributed by atoms with Gasteiger partial charge in [0, 0.05) is 11.6 Å². The molecule has 0 aliphatic carbocycles. The summed E-state index contributed by atoms with van der Waals surface area (Å²) in [6.07, 6.45) is 0.819. The van der Waals surface area contributed by atoms with E-state index in [9.17, 15) is 0 Å². The summed E-state index contributed by atoms with van der Waals surface area (Å²) in [5.41, 5.74) is 1.07. The second-order valence-corrected chi connectivity index (χ2v) is 3.84. The minimum absolute atomic E-state index is 0.0633. The Morgan fingerprint density at radius 1 is 1.47 bits per heavy atom. The quantitative estimate of drug-likeness (QED) is 0.782. The standard InChI is InChI=1S/C11H16ClNO2/c1-13(8-14)6-5-9-3-4-10(15-2)7-11(9)12/h3-4,7,14H,5-6,8H2,1-2H3. The highest BCUT2D eigenvalue weighted by atomic mass is 35.5. The summed E-state index contributed by atoms with van der Waals surface area (Å²) in [5.74, 6) is 0.763. The van der Waals surface area contributed by atoms with Crippen molar-refractivity contribution in [2.75, 3.05) is 27.4 Å². The maximum absolute atomic E-state index is 8.84. The van der Waals surface area contributed by atoms with Gasteiger partial charge in [0.2, 0.25) is 0 Å². The van der Waals surface area contributed by atoms with E-state index in [1.165, 1.54) is 0 Å². The minimum atomic E-state index is 0.0633. The van der Waals surface area contributed by atoms with Gasteiger partial charge in [0.15, 0.2) is 0 Å². The molecule has 0 heterocycles. The molecule has 15 heavy (non-hydrogen) atoms. The van der Waals surface area contributed by atoms with Crippen LogP contribution >= 0.6 is 11.6 Å². The molecule has 1 rings (SSSR count). The Morgan fingerprint density at radius 2 is 2.20 bits per heavy atom. The van der Waals surface area contributed by atoms with Crippen molar-refractivity contribution in [2.24, 2.45) is 0 Å². The topological polar surface area (TPSA) is 32.7 Å². The van der Waals surface area contributed by atoms with Gasteiger partial charge in [0.25, 0.3) is 0 Å². The summed E-state index contributed by atoms with van der Waals surface area (Å²) in [7, 11) is 3.47. The van der Waals surface area contributed by atoms with Crippen molar-refractivity contribution >= 4 is 11.6 Å². The number of likely N-dealkylation sites (N-methyl/N-ethyl adjacent to an activating group) is 1. The van der Waals surface area contributed by atoms with Gasteiger partial charge in [-0.3, -0.25) is 4.90 Å². The molecule has 0 spiro atoms. The third-order valence-electron chi connectivity index (χ3n) is 2.26. The molecule has 1 aromatic carbocycles. The number of hydrogen-bond acceptors (Lipinski definition) is 3. The zero-order valence-electron chi connectivity index (χ0n) is 9.03. The van der Waals surface area contributed by atoms with Crippen molar-refractivity contribution in [3.63, 3.8) is 0 Å². The van der Waals surface area contributed by atoms with Crippen molar-refractivity contribution in [2.45, 2.75) is 6.42 Å². The van der Waals surface area contributed by atoms with E-state index in [2.05, 4.69) is 0 Å². The van der Waals surface area contributed by atoms with Gasteiger partial charge in [0.1, 0.15) is 5.75 Å². The molecule has 0 aliphatic heterocycles. The van der Waals surface area contributed by atoms with Gasteiger partial charge in [-0.1, -0.05) is 17.7 Å². The zero-order valence-corrected chi connectivity index (χ0v) is 9.79. The number of benzene rings is 1. The summed E-state index contributed by atoms with van der Waals surface area (Å²) in [5, 5.41) is 9.55. The van der Waals surface area contributed by atoms with E-state index in [0.717, 1.165) is 24.3 Å². The lowest BCUT2D eigenvalue weighted by molar-refractivity contribution is 0.134. The predicted molar refractivity (Wildman–Crippen MR) is 61.4 cm³/mol. The number of methoxy groups -OCH3 is 1. The Bertz CT molecular complexity index is 317. The van der Waals surface area contributed by atoms with Crippen LogP contribution in [0.2, 0.25) is 5.02 Å². The molecule has 0 bridgehead atoms. The minimum Gasteiger partial charge on any atom is -0.497 e. The molecular weight excluding hydrogens is 214 g/mol. The molecule has 1 aromatic rings. The first kappa shape index (κ1) is 12.3. The molecule has 0 aliphatic rings. The first-order valence-corrected chi connectivity index (χ1v) is 5.17. The number of nitrogens with zero attached hydrogens (tertiary/aromatic N) is 1. The highest BCUT2D eigenvalue weighted by molar-refractivity contribution is 6.31. The van der Waals surface area contributed by atoms with Crippen molar-refractivity contribution in [1.82, 2.24) is 4.90 Å². The van der Waals surface area contributed by atoms with Crippen LogP contribution in [0.25, 0.3) is 0 Å². The van der Waals surface area contributed by atoms with Crippen molar-refractivity contribution in [3.05, 3.63) is 28.8 Å². The van der Waals surface area contributed by atoms with Crippen LogP contribution in [0.15, 0.2) is 18.2 Å². The lowest BCUT2D eigenvalue weighted by Gasteiger charge is -2.13. The van der Waals surface area contributed by atoms with E-state index in [1.54, 1.807) is 13.2 Å². The molecule has 0 atom stereocenters. The third kappa shape index (κ3) is 3.70. The molecule has 3 nitrogen and oxygen atoms in total. The second kappa shape index (κ2) is 5.95. The Balaban J connectivity index is 2.62. The lowest BCUT2D eigenvalue weighted by Crippen LogP contribution is -2.22. The van der Waals surface area contributed by atoms with Crippen LogP contribution in [-0.4, -0.2) is 37.4 Å². The summed E-state index contributed by atoms with van der Waals surface area (Å²) >= 11 is 6.07. The molecule has 84 valence electrons. The number of aliphatic hydroxyl groups is 1. The van der Waals surface area contributed by atoms with Gasteiger partial charge in [-0.2, -0.15) is 0 Å². The average molecular weight is 230 g/mol. The van der Waals surface area contributed by atoms with Crippen molar-refractivity contribution in [3.8, 4) is 5.75 Å². The Kier molecular flexibility index (Phi) is 4.88. The molecule has 0 unspecified atom stereocenters. The van der Waals surface area contributed by atoms with E-state index >= 15 is 0 Å². The molecule has 0 fully saturated rings. The zero-order chi connectivity index (χ0) is 11.3. The molecule has 0 radical (unpaired) electrons. The van der Waals surface area contributed by atoms with Crippen LogP contribution in [0.4, 0.5) is 0 Å². The predicted octanol–water partition coefficient (Wildman–Crippen LogP) is 1.77. The van der Waals surface area contributed by atoms with Gasteiger partial charge in [-0.15, -0.1) is 0 Å². The highest BCUT2D eigenvalue weighted by Crippen LogP contribution is 2.22. The summed E-state index contributed by atoms with van der Waals surface area (Å²) in [6, 6.07) is 5.64. The monoisotopic (exact) mass is 229 g/mol. The summed E-state index contributed by atoms with van der Waals surface area (Å²) < 4.78 is 5.06. The van der Waals surface area contributed by atoms with Gasteiger partial charge >= 0.3 is 0 Å². The number of ether oxygens (including phenoxy) is 1. The molecular formula is C11H16ClNO2. The lowest BCUT2D eigenvalue weighted by atomic mass is 10.1. The van der Waals surface area contributed by atoms with E-state index < -0.39 is 0 Å². The maximum atomic E-state index is 8.84. The van der Waals surface area contributed by atoms with E-state index in [0.29, 0.717) is 5.02 Å². The fraction of sp³-hybridized carbons (Fsp3) is 0.455. The van der Waals surface area contributed by atoms with Gasteiger partial charge in [-0.25, -0.2) is 0 Å². The smallest absolute Gasteiger partial charge is 0.120 e. The van der Waals surface area contributed by atoms with E-state index in [4.69, 9.17) is 21.4 Å². The highest BCUT2D eigenvalue weighted by Gasteiger charge is 2.03. The van der Waals surface area contributed by atoms with Crippen molar-refractivity contribution < 1.29 is 9.84 Å². The van der Waals surface area contributed by atoms with Crippen LogP contribution < -0.4 is 4.74 Å². The Morgan fingerprint density at radius 3 is 2.73 bits per heavy atom. The molecule has 0 saturated heterocycles. The van der Waals surface area contributed by atoms with Crippen LogP contribution in [0.3, 0.4) is 0 Å². The SMILES string of the molecule is COc1ccc(CCN(C)CO)c(Cl)c1. The van der Waals surface area contributed by atoms with Gasteiger partial charge in [0.05, 0.1) is 13.8 Å². The second-order valence-electron chi connectivity index (χ2n) is 3.43. The first-order chi connectivity index (χ1) is 7.17. The number of hydrogen-bond donors (Lipinski definition) is 1. The third-order valence-corrected chi connectivity index (χ3v) is 2.62. The molecule has 0 aromatic heterocycles. The Hall–Kier alpha value is -0.770.